The number of halogens is 1. The highest BCUT2D eigenvalue weighted by Gasteiger charge is 2.15. The first-order valence-corrected chi connectivity index (χ1v) is 6.09. The van der Waals surface area contributed by atoms with Gasteiger partial charge in [0.15, 0.2) is 0 Å². The highest BCUT2D eigenvalue weighted by Crippen LogP contribution is 2.08. The average molecular weight is 275 g/mol. The largest absolute Gasteiger partial charge is 0.361 e. The fraction of sp³-hybridized carbons (Fsp3) is 0.600. The van der Waals surface area contributed by atoms with E-state index >= 15 is 0 Å². The molecule has 0 aliphatic heterocycles. The van der Waals surface area contributed by atoms with Gasteiger partial charge in [0.25, 0.3) is 5.91 Å². The summed E-state index contributed by atoms with van der Waals surface area (Å²) in [6.45, 7) is 3.78. The molecule has 15 heavy (non-hydrogen) atoms. The van der Waals surface area contributed by atoms with Gasteiger partial charge in [-0.3, -0.25) is 4.79 Å². The predicted molar refractivity (Wildman–Crippen MR) is 61.2 cm³/mol. The number of aromatic nitrogens is 1. The van der Waals surface area contributed by atoms with Crippen LogP contribution in [0, 0.1) is 6.92 Å². The van der Waals surface area contributed by atoms with Crippen LogP contribution in [0.1, 0.15) is 35.9 Å². The van der Waals surface area contributed by atoms with Gasteiger partial charge in [-0.15, -0.1) is 0 Å². The third-order valence-electron chi connectivity index (χ3n) is 2.28. The van der Waals surface area contributed by atoms with Crippen molar-refractivity contribution in [3.63, 3.8) is 0 Å². The number of hydrogen-bond acceptors (Lipinski definition) is 3. The number of aryl methyl sites for hydroxylation is 1. The third kappa shape index (κ3) is 3.34. The number of carbonyl (C=O) groups excluding carboxylic acids is 1. The Balaban J connectivity index is 2.58. The van der Waals surface area contributed by atoms with Gasteiger partial charge in [0.05, 0.1) is 6.20 Å². The van der Waals surface area contributed by atoms with Crippen LogP contribution >= 0.6 is 15.9 Å². The maximum absolute atomic E-state index is 11.7. The highest BCUT2D eigenvalue weighted by molar-refractivity contribution is 9.09. The summed E-state index contributed by atoms with van der Waals surface area (Å²) in [5.74, 6) is 0.447. The van der Waals surface area contributed by atoms with Crippen molar-refractivity contribution in [1.29, 1.82) is 0 Å². The number of carbonyl (C=O) groups is 1. The van der Waals surface area contributed by atoms with Crippen molar-refractivity contribution in [2.24, 2.45) is 0 Å². The number of alkyl halides is 1. The van der Waals surface area contributed by atoms with Crippen molar-refractivity contribution in [2.45, 2.75) is 32.7 Å². The Kier molecular flexibility index (Phi) is 4.81. The molecule has 0 aliphatic carbocycles. The molecule has 1 aromatic rings. The number of rotatable bonds is 5. The minimum atomic E-state index is -0.110. The Hall–Kier alpha value is -0.840. The molecule has 0 fully saturated rings. The highest BCUT2D eigenvalue weighted by atomic mass is 79.9. The first kappa shape index (κ1) is 12.2. The van der Waals surface area contributed by atoms with E-state index in [4.69, 9.17) is 4.52 Å². The van der Waals surface area contributed by atoms with Crippen LogP contribution in [0.3, 0.4) is 0 Å². The zero-order valence-corrected chi connectivity index (χ0v) is 10.5. The van der Waals surface area contributed by atoms with Gasteiger partial charge in [0.2, 0.25) is 0 Å². The molecule has 0 aromatic carbocycles. The molecular formula is C10H15BrN2O2. The Morgan fingerprint density at radius 3 is 2.93 bits per heavy atom. The molecule has 4 nitrogen and oxygen atoms in total. The van der Waals surface area contributed by atoms with E-state index in [9.17, 15) is 4.79 Å². The van der Waals surface area contributed by atoms with Crippen LogP contribution in [0.4, 0.5) is 0 Å². The summed E-state index contributed by atoms with van der Waals surface area (Å²) in [6.07, 6.45) is 3.29. The van der Waals surface area contributed by atoms with Gasteiger partial charge in [-0.1, -0.05) is 28.0 Å². The molecule has 5 heteroatoms. The third-order valence-corrected chi connectivity index (χ3v) is 2.74. The standard InChI is InChI=1S/C10H15BrN2O2/c1-3-8(4-5-11)13-10(14)9-6-12-15-7(9)2/h6,8H,3-5H2,1-2H3,(H,13,14). The van der Waals surface area contributed by atoms with Gasteiger partial charge in [-0.25, -0.2) is 0 Å². The van der Waals surface area contributed by atoms with Gasteiger partial charge < -0.3 is 9.84 Å². The summed E-state index contributed by atoms with van der Waals surface area (Å²) in [7, 11) is 0. The van der Waals surface area contributed by atoms with Gasteiger partial charge >= 0.3 is 0 Å². The lowest BCUT2D eigenvalue weighted by atomic mass is 10.1. The molecule has 1 unspecified atom stereocenters. The predicted octanol–water partition coefficient (Wildman–Crippen LogP) is 2.28. The van der Waals surface area contributed by atoms with E-state index in [0.717, 1.165) is 18.2 Å². The molecule has 1 amide bonds. The molecular weight excluding hydrogens is 260 g/mol. The molecule has 0 saturated carbocycles. The molecule has 0 spiro atoms. The van der Waals surface area contributed by atoms with E-state index in [2.05, 4.69) is 26.4 Å². The second-order valence-corrected chi connectivity index (χ2v) is 4.14. The number of hydrogen-bond donors (Lipinski definition) is 1. The monoisotopic (exact) mass is 274 g/mol. The molecule has 0 saturated heterocycles. The maximum atomic E-state index is 11.7. The van der Waals surface area contributed by atoms with E-state index in [0.29, 0.717) is 11.3 Å². The van der Waals surface area contributed by atoms with E-state index in [1.54, 1.807) is 6.92 Å². The smallest absolute Gasteiger partial charge is 0.256 e. The van der Waals surface area contributed by atoms with Crippen molar-refractivity contribution in [2.75, 3.05) is 5.33 Å². The molecule has 1 aromatic heterocycles. The minimum Gasteiger partial charge on any atom is -0.361 e. The Labute approximate surface area is 97.5 Å². The minimum absolute atomic E-state index is 0.110. The second kappa shape index (κ2) is 5.90. The summed E-state index contributed by atoms with van der Waals surface area (Å²) in [4.78, 5) is 11.7. The summed E-state index contributed by atoms with van der Waals surface area (Å²) in [5, 5.41) is 7.40. The second-order valence-electron chi connectivity index (χ2n) is 3.35. The van der Waals surface area contributed by atoms with Crippen molar-refractivity contribution >= 4 is 21.8 Å². The summed E-state index contributed by atoms with van der Waals surface area (Å²) in [5.41, 5.74) is 0.517. The van der Waals surface area contributed by atoms with Crippen LogP contribution in [0.2, 0.25) is 0 Å². The van der Waals surface area contributed by atoms with Gasteiger partial charge in [0, 0.05) is 11.4 Å². The van der Waals surface area contributed by atoms with E-state index in [1.165, 1.54) is 6.20 Å². The molecule has 0 bridgehead atoms. The average Bonchev–Trinajstić information content (AvgIpc) is 2.63. The lowest BCUT2D eigenvalue weighted by Crippen LogP contribution is -2.34. The number of nitrogens with zero attached hydrogens (tertiary/aromatic N) is 1. The van der Waals surface area contributed by atoms with Crippen LogP contribution < -0.4 is 5.32 Å². The van der Waals surface area contributed by atoms with Crippen LogP contribution in [0.5, 0.6) is 0 Å². The van der Waals surface area contributed by atoms with Crippen LogP contribution in [0.25, 0.3) is 0 Å². The Morgan fingerprint density at radius 2 is 2.47 bits per heavy atom. The Morgan fingerprint density at radius 1 is 1.73 bits per heavy atom. The zero-order valence-electron chi connectivity index (χ0n) is 8.92. The molecule has 84 valence electrons. The lowest BCUT2D eigenvalue weighted by molar-refractivity contribution is 0.0933. The summed E-state index contributed by atoms with van der Waals surface area (Å²) >= 11 is 3.36. The number of amides is 1. The van der Waals surface area contributed by atoms with E-state index in [1.807, 2.05) is 6.92 Å². The van der Waals surface area contributed by atoms with Gasteiger partial charge in [-0.2, -0.15) is 0 Å². The van der Waals surface area contributed by atoms with Crippen LogP contribution in [0.15, 0.2) is 10.7 Å². The molecule has 0 aliphatic rings. The van der Waals surface area contributed by atoms with Crippen LogP contribution in [-0.2, 0) is 0 Å². The van der Waals surface area contributed by atoms with Crippen molar-refractivity contribution in [3.05, 3.63) is 17.5 Å². The van der Waals surface area contributed by atoms with E-state index in [-0.39, 0.29) is 11.9 Å². The van der Waals surface area contributed by atoms with Crippen molar-refractivity contribution < 1.29 is 9.32 Å². The first-order chi connectivity index (χ1) is 7.19. The normalized spacial score (nSPS) is 12.5. The van der Waals surface area contributed by atoms with Crippen LogP contribution in [-0.4, -0.2) is 22.4 Å². The van der Waals surface area contributed by atoms with Gasteiger partial charge in [-0.05, 0) is 19.8 Å². The van der Waals surface area contributed by atoms with E-state index < -0.39 is 0 Å². The molecule has 0 radical (unpaired) electrons. The molecule has 1 rings (SSSR count). The first-order valence-electron chi connectivity index (χ1n) is 4.97. The van der Waals surface area contributed by atoms with Crippen molar-refractivity contribution in [3.8, 4) is 0 Å². The fourth-order valence-electron chi connectivity index (χ4n) is 1.29. The maximum Gasteiger partial charge on any atom is 0.256 e. The fourth-order valence-corrected chi connectivity index (χ4v) is 1.84. The molecule has 1 heterocycles. The lowest BCUT2D eigenvalue weighted by Gasteiger charge is -2.14. The summed E-state index contributed by atoms with van der Waals surface area (Å²) < 4.78 is 4.84. The quantitative estimate of drug-likeness (QED) is 0.839. The SMILES string of the molecule is CCC(CCBr)NC(=O)c1cnoc1C. The molecule has 1 atom stereocenters. The topological polar surface area (TPSA) is 55.1 Å². The van der Waals surface area contributed by atoms with Crippen molar-refractivity contribution in [1.82, 2.24) is 10.5 Å². The zero-order chi connectivity index (χ0) is 11.3. The number of nitrogens with one attached hydrogen (secondary N) is 1. The molecule has 1 N–H and O–H groups in total. The summed E-state index contributed by atoms with van der Waals surface area (Å²) in [6, 6.07) is 0.200. The Bertz CT molecular complexity index is 325. The van der Waals surface area contributed by atoms with Gasteiger partial charge in [0.1, 0.15) is 11.3 Å².